The van der Waals surface area contributed by atoms with Gasteiger partial charge in [-0.3, -0.25) is 9.80 Å². The van der Waals surface area contributed by atoms with Crippen LogP contribution in [-0.4, -0.2) is 102 Å². The van der Waals surface area contributed by atoms with Crippen molar-refractivity contribution in [2.24, 2.45) is 0 Å². The first-order valence-corrected chi connectivity index (χ1v) is 11.6. The smallest absolute Gasteiger partial charge is 0.409 e. The van der Waals surface area contributed by atoms with Gasteiger partial charge in [-0.05, 0) is 26.3 Å². The summed E-state index contributed by atoms with van der Waals surface area (Å²) in [5, 5.41) is 0. The molecule has 1 unspecified atom stereocenters. The van der Waals surface area contributed by atoms with Gasteiger partial charge in [-0.2, -0.15) is 23.5 Å². The molecule has 3 heterocycles. The number of carbonyl (C=O) groups is 1. The molecule has 7 heteroatoms. The number of piperazine rings is 1. The number of nitrogens with zero attached hydrogens (tertiary/aromatic N) is 3. The second-order valence-corrected chi connectivity index (χ2v) is 9.12. The maximum Gasteiger partial charge on any atom is 0.409 e. The van der Waals surface area contributed by atoms with Crippen molar-refractivity contribution >= 4 is 29.6 Å². The maximum absolute atomic E-state index is 11.8. The molecule has 0 N–H and O–H groups in total. The molecular formula is C17H31N3O2S2. The highest BCUT2D eigenvalue weighted by molar-refractivity contribution is 8.03. The first-order valence-electron chi connectivity index (χ1n) is 9.33. The molecule has 0 spiro atoms. The summed E-state index contributed by atoms with van der Waals surface area (Å²) in [6.45, 7) is 8.42. The number of rotatable bonds is 3. The third-order valence-electron chi connectivity index (χ3n) is 5.29. The molecule has 3 fully saturated rings. The molecule has 3 aliphatic heterocycles. The SMILES string of the molecule is CCOC(=O)N1CCN(C2CCCN(C3CSCCSC3)C2)CC1. The van der Waals surface area contributed by atoms with E-state index in [0.29, 0.717) is 12.6 Å². The minimum atomic E-state index is -0.144. The summed E-state index contributed by atoms with van der Waals surface area (Å²) < 4.78 is 5.13. The van der Waals surface area contributed by atoms with Crippen molar-refractivity contribution in [3.63, 3.8) is 0 Å². The Labute approximate surface area is 154 Å². The van der Waals surface area contributed by atoms with Crippen LogP contribution in [0.3, 0.4) is 0 Å². The standard InChI is InChI=1S/C17H31N3O2S2/c1-2-22-17(21)19-8-6-18(7-9-19)15-4-3-5-20(12-15)16-13-23-10-11-24-14-16/h15-16H,2-14H2,1H3. The minimum absolute atomic E-state index is 0.144. The fourth-order valence-electron chi connectivity index (χ4n) is 3.91. The molecule has 138 valence electrons. The van der Waals surface area contributed by atoms with E-state index in [1.165, 1.54) is 48.9 Å². The summed E-state index contributed by atoms with van der Waals surface area (Å²) in [5.74, 6) is 5.23. The second-order valence-electron chi connectivity index (χ2n) is 6.82. The van der Waals surface area contributed by atoms with Crippen LogP contribution in [-0.2, 0) is 4.74 Å². The Hall–Kier alpha value is -0.110. The lowest BCUT2D eigenvalue weighted by atomic mass is 10.0. The van der Waals surface area contributed by atoms with Crippen molar-refractivity contribution in [3.05, 3.63) is 0 Å². The zero-order valence-corrected chi connectivity index (χ0v) is 16.5. The van der Waals surface area contributed by atoms with Gasteiger partial charge in [0.2, 0.25) is 0 Å². The zero-order valence-electron chi connectivity index (χ0n) is 14.8. The van der Waals surface area contributed by atoms with Crippen LogP contribution in [0.5, 0.6) is 0 Å². The number of hydrogen-bond acceptors (Lipinski definition) is 6. The molecule has 5 nitrogen and oxygen atoms in total. The normalized spacial score (nSPS) is 28.5. The van der Waals surface area contributed by atoms with Crippen LogP contribution in [0.15, 0.2) is 0 Å². The average molecular weight is 374 g/mol. The summed E-state index contributed by atoms with van der Waals surface area (Å²) in [5.41, 5.74) is 0. The van der Waals surface area contributed by atoms with Crippen molar-refractivity contribution in [1.29, 1.82) is 0 Å². The average Bonchev–Trinajstić information content (AvgIpc) is 2.92. The molecule has 0 radical (unpaired) electrons. The fourth-order valence-corrected chi connectivity index (χ4v) is 6.54. The molecule has 3 aliphatic rings. The van der Waals surface area contributed by atoms with E-state index < -0.39 is 0 Å². The van der Waals surface area contributed by atoms with Crippen molar-refractivity contribution in [2.45, 2.75) is 31.8 Å². The van der Waals surface area contributed by atoms with Gasteiger partial charge in [0.05, 0.1) is 6.61 Å². The van der Waals surface area contributed by atoms with Crippen molar-refractivity contribution < 1.29 is 9.53 Å². The van der Waals surface area contributed by atoms with Crippen LogP contribution in [0.4, 0.5) is 4.79 Å². The number of hydrogen-bond donors (Lipinski definition) is 0. The summed E-state index contributed by atoms with van der Waals surface area (Å²) in [6.07, 6.45) is 2.48. The quantitative estimate of drug-likeness (QED) is 0.754. The molecule has 3 saturated heterocycles. The van der Waals surface area contributed by atoms with E-state index >= 15 is 0 Å². The van der Waals surface area contributed by atoms with E-state index in [9.17, 15) is 4.79 Å². The highest BCUT2D eigenvalue weighted by Crippen LogP contribution is 2.25. The first kappa shape index (κ1) is 18.7. The Bertz CT molecular complexity index is 397. The number of thioether (sulfide) groups is 2. The summed E-state index contributed by atoms with van der Waals surface area (Å²) >= 11 is 4.26. The molecule has 0 aromatic rings. The van der Waals surface area contributed by atoms with Gasteiger partial charge in [0.25, 0.3) is 0 Å². The van der Waals surface area contributed by atoms with E-state index in [-0.39, 0.29) is 6.09 Å². The molecule has 0 aromatic carbocycles. The van der Waals surface area contributed by atoms with Gasteiger partial charge in [-0.25, -0.2) is 4.79 Å². The van der Waals surface area contributed by atoms with E-state index in [2.05, 4.69) is 33.3 Å². The Morgan fingerprint density at radius 2 is 1.71 bits per heavy atom. The predicted octanol–water partition coefficient (Wildman–Crippen LogP) is 2.07. The number of likely N-dealkylation sites (tertiary alicyclic amines) is 1. The Morgan fingerprint density at radius 3 is 2.38 bits per heavy atom. The molecule has 1 atom stereocenters. The molecule has 24 heavy (non-hydrogen) atoms. The highest BCUT2D eigenvalue weighted by atomic mass is 32.2. The number of carbonyl (C=O) groups excluding carboxylic acids is 1. The summed E-state index contributed by atoms with van der Waals surface area (Å²) in [6, 6.07) is 1.42. The first-order chi connectivity index (χ1) is 11.8. The van der Waals surface area contributed by atoms with Crippen molar-refractivity contribution in [1.82, 2.24) is 14.7 Å². The second kappa shape index (κ2) is 9.55. The van der Waals surface area contributed by atoms with E-state index in [1.54, 1.807) is 0 Å². The topological polar surface area (TPSA) is 36.0 Å². The molecule has 3 rings (SSSR count). The van der Waals surface area contributed by atoms with Crippen LogP contribution in [0.2, 0.25) is 0 Å². The summed E-state index contributed by atoms with van der Waals surface area (Å²) in [7, 11) is 0. The van der Waals surface area contributed by atoms with E-state index in [1.807, 2.05) is 11.8 Å². The number of amides is 1. The van der Waals surface area contributed by atoms with Crippen LogP contribution in [0.1, 0.15) is 19.8 Å². The van der Waals surface area contributed by atoms with Crippen LogP contribution in [0, 0.1) is 0 Å². The monoisotopic (exact) mass is 373 g/mol. The van der Waals surface area contributed by atoms with Gasteiger partial charge >= 0.3 is 6.09 Å². The highest BCUT2D eigenvalue weighted by Gasteiger charge is 2.32. The van der Waals surface area contributed by atoms with Gasteiger partial charge < -0.3 is 9.64 Å². The molecular weight excluding hydrogens is 342 g/mol. The van der Waals surface area contributed by atoms with Crippen molar-refractivity contribution in [2.75, 3.05) is 68.9 Å². The third-order valence-corrected chi connectivity index (χ3v) is 7.78. The van der Waals surface area contributed by atoms with Crippen LogP contribution >= 0.6 is 23.5 Å². The number of piperidine rings is 1. The molecule has 0 aromatic heterocycles. The molecule has 0 aliphatic carbocycles. The Morgan fingerprint density at radius 1 is 1.00 bits per heavy atom. The van der Waals surface area contributed by atoms with E-state index in [4.69, 9.17) is 4.74 Å². The van der Waals surface area contributed by atoms with Gasteiger partial charge in [-0.1, -0.05) is 0 Å². The number of ether oxygens (including phenoxy) is 1. The minimum Gasteiger partial charge on any atom is -0.450 e. The van der Waals surface area contributed by atoms with Gasteiger partial charge in [0.1, 0.15) is 0 Å². The van der Waals surface area contributed by atoms with Gasteiger partial charge in [0.15, 0.2) is 0 Å². The molecule has 0 saturated carbocycles. The van der Waals surface area contributed by atoms with Gasteiger partial charge in [0, 0.05) is 67.8 Å². The van der Waals surface area contributed by atoms with E-state index in [0.717, 1.165) is 32.2 Å². The Balaban J connectivity index is 1.47. The third kappa shape index (κ3) is 4.96. The van der Waals surface area contributed by atoms with Crippen LogP contribution < -0.4 is 0 Å². The lowest BCUT2D eigenvalue weighted by Gasteiger charge is -2.45. The molecule has 0 bridgehead atoms. The van der Waals surface area contributed by atoms with Gasteiger partial charge in [-0.15, -0.1) is 0 Å². The lowest BCUT2D eigenvalue weighted by molar-refractivity contribution is 0.0372. The predicted molar refractivity (Wildman–Crippen MR) is 103 cm³/mol. The fraction of sp³-hybridized carbons (Fsp3) is 0.941. The zero-order chi connectivity index (χ0) is 16.8. The maximum atomic E-state index is 11.8. The lowest BCUT2D eigenvalue weighted by Crippen LogP contribution is -2.57. The van der Waals surface area contributed by atoms with Crippen LogP contribution in [0.25, 0.3) is 0 Å². The Kier molecular flexibility index (Phi) is 7.43. The summed E-state index contributed by atoms with van der Waals surface area (Å²) in [4.78, 5) is 19.1. The van der Waals surface area contributed by atoms with Crippen molar-refractivity contribution in [3.8, 4) is 0 Å². The molecule has 1 amide bonds. The largest absolute Gasteiger partial charge is 0.450 e.